The maximum absolute atomic E-state index is 14.4. The molecule has 0 saturated carbocycles. The Morgan fingerprint density at radius 2 is 1.81 bits per heavy atom. The summed E-state index contributed by atoms with van der Waals surface area (Å²) in [7, 11) is 3.02. The second-order valence-electron chi connectivity index (χ2n) is 9.97. The molecule has 0 radical (unpaired) electrons. The summed E-state index contributed by atoms with van der Waals surface area (Å²) in [6, 6.07) is 17.9. The Morgan fingerprint density at radius 1 is 1.05 bits per heavy atom. The van der Waals surface area contributed by atoms with Crippen LogP contribution in [-0.4, -0.2) is 66.1 Å². The van der Waals surface area contributed by atoms with Crippen LogP contribution in [0.3, 0.4) is 0 Å². The second-order valence-corrected chi connectivity index (χ2v) is 9.97. The highest BCUT2D eigenvalue weighted by Crippen LogP contribution is 2.36. The summed E-state index contributed by atoms with van der Waals surface area (Å²) >= 11 is 0. The summed E-state index contributed by atoms with van der Waals surface area (Å²) in [6.45, 7) is 2.12. The lowest BCUT2D eigenvalue weighted by Gasteiger charge is -2.33. The van der Waals surface area contributed by atoms with E-state index in [0.29, 0.717) is 46.0 Å². The van der Waals surface area contributed by atoms with Gasteiger partial charge < -0.3 is 19.5 Å². The lowest BCUT2D eigenvalue weighted by atomic mass is 9.99. The predicted molar refractivity (Wildman–Crippen MR) is 156 cm³/mol. The van der Waals surface area contributed by atoms with Crippen LogP contribution in [0.25, 0.3) is 11.0 Å². The van der Waals surface area contributed by atoms with Gasteiger partial charge in [-0.3, -0.25) is 19.3 Å². The highest BCUT2D eigenvalue weighted by molar-refractivity contribution is 6.08. The van der Waals surface area contributed by atoms with Crippen LogP contribution < -0.4 is 19.7 Å². The van der Waals surface area contributed by atoms with Crippen LogP contribution in [0.1, 0.15) is 41.7 Å². The molecular weight excluding hydrogens is 538 g/mol. The lowest BCUT2D eigenvalue weighted by molar-refractivity contribution is -0.127. The van der Waals surface area contributed by atoms with Gasteiger partial charge in [-0.25, -0.2) is 4.68 Å². The van der Waals surface area contributed by atoms with E-state index in [-0.39, 0.29) is 25.0 Å². The smallest absolute Gasteiger partial charge is 0.249 e. The number of hydrogen-bond donors (Lipinski definition) is 1. The van der Waals surface area contributed by atoms with Gasteiger partial charge in [0.2, 0.25) is 11.8 Å². The van der Waals surface area contributed by atoms with Gasteiger partial charge in [0.1, 0.15) is 18.1 Å². The maximum atomic E-state index is 14.4. The van der Waals surface area contributed by atoms with E-state index >= 15 is 0 Å². The molecule has 4 aromatic rings. The molecule has 0 bridgehead atoms. The highest BCUT2D eigenvalue weighted by Gasteiger charge is 2.36. The minimum absolute atomic E-state index is 0.116. The number of nitrogens with one attached hydrogen (secondary N) is 1. The van der Waals surface area contributed by atoms with Crippen molar-refractivity contribution in [2.75, 3.05) is 32.3 Å². The van der Waals surface area contributed by atoms with E-state index in [1.807, 2.05) is 18.2 Å². The number of anilines is 1. The molecule has 2 atom stereocenters. The molecule has 1 aliphatic heterocycles. The third-order valence-corrected chi connectivity index (χ3v) is 7.27. The van der Waals surface area contributed by atoms with Gasteiger partial charge in [-0.15, -0.1) is 5.10 Å². The van der Waals surface area contributed by atoms with E-state index in [0.717, 1.165) is 12.8 Å². The minimum atomic E-state index is -1.17. The molecule has 1 saturated heterocycles. The third kappa shape index (κ3) is 5.96. The van der Waals surface area contributed by atoms with Crippen molar-refractivity contribution < 1.29 is 28.6 Å². The van der Waals surface area contributed by atoms with E-state index in [1.54, 1.807) is 48.5 Å². The SMILES string of the molecule is COc1ccc([C@@H](C(=O)NC[C@H]2CCCO2)N(C(=O)Cn2nnc3ccccc32)c2ccccc2C(C)=O)cc1OC. The predicted octanol–water partition coefficient (Wildman–Crippen LogP) is 3.72. The van der Waals surface area contributed by atoms with Gasteiger partial charge in [-0.1, -0.05) is 35.5 Å². The first-order valence-corrected chi connectivity index (χ1v) is 13.7. The Labute approximate surface area is 243 Å². The van der Waals surface area contributed by atoms with Gasteiger partial charge in [0, 0.05) is 18.7 Å². The molecule has 2 heterocycles. The Hall–Kier alpha value is -4.77. The summed E-state index contributed by atoms with van der Waals surface area (Å²) in [5.41, 5.74) is 2.36. The molecular formula is C31H33N5O6. The Balaban J connectivity index is 1.63. The molecule has 0 spiro atoms. The summed E-state index contributed by atoms with van der Waals surface area (Å²) in [6.07, 6.45) is 1.63. The first-order chi connectivity index (χ1) is 20.4. The quantitative estimate of drug-likeness (QED) is 0.270. The molecule has 1 aromatic heterocycles. The van der Waals surface area contributed by atoms with Crippen molar-refractivity contribution in [2.24, 2.45) is 0 Å². The van der Waals surface area contributed by atoms with E-state index in [1.165, 1.54) is 30.7 Å². The number of ether oxygens (including phenoxy) is 3. The summed E-state index contributed by atoms with van der Waals surface area (Å²) < 4.78 is 18.1. The van der Waals surface area contributed by atoms with Gasteiger partial charge in [0.15, 0.2) is 17.3 Å². The number of nitrogens with zero attached hydrogens (tertiary/aromatic N) is 4. The van der Waals surface area contributed by atoms with Gasteiger partial charge in [0.05, 0.1) is 31.5 Å². The number of benzene rings is 3. The number of carbonyl (C=O) groups excluding carboxylic acids is 3. The largest absolute Gasteiger partial charge is 0.493 e. The number of ketones is 1. The fourth-order valence-corrected chi connectivity index (χ4v) is 5.19. The second kappa shape index (κ2) is 12.8. The number of rotatable bonds is 11. The fourth-order valence-electron chi connectivity index (χ4n) is 5.19. The third-order valence-electron chi connectivity index (χ3n) is 7.27. The molecule has 5 rings (SSSR count). The van der Waals surface area contributed by atoms with Crippen LogP contribution in [0.5, 0.6) is 11.5 Å². The number of carbonyl (C=O) groups is 3. The van der Waals surface area contributed by atoms with Crippen molar-refractivity contribution in [2.45, 2.75) is 38.5 Å². The standard InChI is InChI=1S/C31H33N5O6/c1-20(37)23-10-4-6-12-25(23)36(29(38)19-35-26-13-7-5-11-24(26)33-34-35)30(31(39)32-18-22-9-8-16-42-22)21-14-15-27(40-2)28(17-21)41-3/h4-7,10-15,17,22,30H,8-9,16,18-19H2,1-3H3,(H,32,39)/t22-,30+/m1/s1. The van der Waals surface area contributed by atoms with Gasteiger partial charge in [-0.05, 0) is 61.7 Å². The Bertz CT molecular complexity index is 1600. The van der Waals surface area contributed by atoms with Gasteiger partial charge in [0.25, 0.3) is 0 Å². The van der Waals surface area contributed by atoms with Crippen LogP contribution in [0, 0.1) is 0 Å². The lowest BCUT2D eigenvalue weighted by Crippen LogP contribution is -2.47. The number of Topliss-reactive ketones (excluding diaryl/α,β-unsaturated/α-hetero) is 1. The Morgan fingerprint density at radius 3 is 2.55 bits per heavy atom. The van der Waals surface area contributed by atoms with Crippen molar-refractivity contribution in [3.8, 4) is 11.5 Å². The highest BCUT2D eigenvalue weighted by atomic mass is 16.5. The summed E-state index contributed by atoms with van der Waals surface area (Å²) in [5.74, 6) is -0.294. The molecule has 1 N–H and O–H groups in total. The number of fused-ring (bicyclic) bond motifs is 1. The molecule has 42 heavy (non-hydrogen) atoms. The zero-order valence-electron chi connectivity index (χ0n) is 23.8. The van der Waals surface area contributed by atoms with Crippen molar-refractivity contribution in [1.82, 2.24) is 20.3 Å². The average molecular weight is 572 g/mol. The van der Waals surface area contributed by atoms with Crippen LogP contribution in [0.15, 0.2) is 66.7 Å². The number of para-hydroxylation sites is 2. The van der Waals surface area contributed by atoms with Crippen molar-refractivity contribution in [3.63, 3.8) is 0 Å². The van der Waals surface area contributed by atoms with Crippen LogP contribution >= 0.6 is 0 Å². The van der Waals surface area contributed by atoms with E-state index in [9.17, 15) is 14.4 Å². The minimum Gasteiger partial charge on any atom is -0.493 e. The molecule has 3 aromatic carbocycles. The van der Waals surface area contributed by atoms with Crippen molar-refractivity contribution in [3.05, 3.63) is 77.9 Å². The normalized spacial score (nSPS) is 15.3. The van der Waals surface area contributed by atoms with Gasteiger partial charge >= 0.3 is 0 Å². The molecule has 1 fully saturated rings. The number of aromatic nitrogens is 3. The van der Waals surface area contributed by atoms with E-state index in [4.69, 9.17) is 14.2 Å². The molecule has 1 aliphatic rings. The molecule has 2 amide bonds. The average Bonchev–Trinajstić information content (AvgIpc) is 3.68. The Kier molecular flexibility index (Phi) is 8.77. The van der Waals surface area contributed by atoms with E-state index in [2.05, 4.69) is 15.6 Å². The molecule has 0 aliphatic carbocycles. The van der Waals surface area contributed by atoms with Crippen molar-refractivity contribution >= 4 is 34.3 Å². The van der Waals surface area contributed by atoms with E-state index < -0.39 is 17.9 Å². The molecule has 11 heteroatoms. The molecule has 0 unspecified atom stereocenters. The number of amides is 2. The number of methoxy groups -OCH3 is 2. The maximum Gasteiger partial charge on any atom is 0.249 e. The first-order valence-electron chi connectivity index (χ1n) is 13.7. The van der Waals surface area contributed by atoms with Crippen molar-refractivity contribution in [1.29, 1.82) is 0 Å². The molecule has 11 nitrogen and oxygen atoms in total. The topological polar surface area (TPSA) is 125 Å². The summed E-state index contributed by atoms with van der Waals surface area (Å²) in [5, 5.41) is 11.3. The van der Waals surface area contributed by atoms with Crippen LogP contribution in [-0.2, 0) is 20.9 Å². The van der Waals surface area contributed by atoms with Crippen LogP contribution in [0.4, 0.5) is 5.69 Å². The fraction of sp³-hybridized carbons (Fsp3) is 0.323. The van der Waals surface area contributed by atoms with Gasteiger partial charge in [-0.2, -0.15) is 0 Å². The zero-order chi connectivity index (χ0) is 29.6. The van der Waals surface area contributed by atoms with Crippen LogP contribution in [0.2, 0.25) is 0 Å². The first kappa shape index (κ1) is 28.7. The monoisotopic (exact) mass is 571 g/mol. The zero-order valence-corrected chi connectivity index (χ0v) is 23.8. The molecule has 218 valence electrons. The number of hydrogen-bond acceptors (Lipinski definition) is 8. The summed E-state index contributed by atoms with van der Waals surface area (Å²) in [4.78, 5) is 42.6.